The summed E-state index contributed by atoms with van der Waals surface area (Å²) in [5.41, 5.74) is 0.500. The normalized spacial score (nSPS) is 8.65. The maximum atomic E-state index is 8.85. The Kier molecular flexibility index (Phi) is 17.1. The van der Waals surface area contributed by atoms with E-state index in [2.05, 4.69) is 17.2 Å². The zero-order valence-corrected chi connectivity index (χ0v) is 13.2. The molecule has 1 radical (unpaired) electrons. The Hall–Kier alpha value is -1.01. The summed E-state index contributed by atoms with van der Waals surface area (Å²) in [5, 5.41) is 23.8. The van der Waals surface area contributed by atoms with Gasteiger partial charge in [0.2, 0.25) is 0 Å². The number of hydrogen-bond acceptors (Lipinski definition) is 4. The molecule has 0 heterocycles. The molecule has 0 aliphatic rings. The lowest BCUT2D eigenvalue weighted by Crippen LogP contribution is -2.15. The predicted octanol–water partition coefficient (Wildman–Crippen LogP) is 1.29. The van der Waals surface area contributed by atoms with Crippen molar-refractivity contribution in [3.63, 3.8) is 0 Å². The van der Waals surface area contributed by atoms with Crippen LogP contribution in [0.1, 0.15) is 13.3 Å². The van der Waals surface area contributed by atoms with Gasteiger partial charge < -0.3 is 20.8 Å². The predicted molar refractivity (Wildman–Crippen MR) is 89.1 cm³/mol. The highest BCUT2D eigenvalue weighted by Gasteiger charge is 2.00. The molecule has 0 aromatic heterocycles. The van der Waals surface area contributed by atoms with E-state index < -0.39 is 0 Å². The molecule has 1 aromatic carbocycles. The molecular formula is C14H25BClN2O2. The summed E-state index contributed by atoms with van der Waals surface area (Å²) < 4.78 is 0. The minimum Gasteiger partial charge on any atom is -0.508 e. The third-order valence-corrected chi connectivity index (χ3v) is 2.30. The van der Waals surface area contributed by atoms with E-state index in [-0.39, 0.29) is 5.75 Å². The minimum absolute atomic E-state index is 0.0931. The number of benzene rings is 1. The standard InChI is InChI=1S/C6H5BClO2.C5H14N2.C3H6/c8-6-3-4(9)1-2-5(6)7-10;1-6-4-3-5-7-2;1-3-2/h1-3,9-10H;6-7H,3-5H2,1-2H3;3H,1H2,2H3. The quantitative estimate of drug-likeness (QED) is 0.376. The first kappa shape index (κ1) is 21.3. The molecule has 4 nitrogen and oxygen atoms in total. The number of phenols is 1. The molecular weight excluding hydrogens is 274 g/mol. The van der Waals surface area contributed by atoms with Gasteiger partial charge in [0.1, 0.15) is 5.75 Å². The number of halogens is 1. The largest absolute Gasteiger partial charge is 0.508 e. The van der Waals surface area contributed by atoms with Gasteiger partial charge in [-0.3, -0.25) is 0 Å². The van der Waals surface area contributed by atoms with Crippen LogP contribution in [0.3, 0.4) is 0 Å². The molecule has 0 saturated heterocycles. The summed E-state index contributed by atoms with van der Waals surface area (Å²) in [4.78, 5) is 0. The third kappa shape index (κ3) is 13.4. The van der Waals surface area contributed by atoms with Gasteiger partial charge in [0.05, 0.1) is 0 Å². The summed E-state index contributed by atoms with van der Waals surface area (Å²) in [6.07, 6.45) is 2.97. The molecule has 113 valence electrons. The van der Waals surface area contributed by atoms with Crippen molar-refractivity contribution < 1.29 is 10.1 Å². The summed E-state index contributed by atoms with van der Waals surface area (Å²) in [6.45, 7) is 7.47. The van der Waals surface area contributed by atoms with Crippen molar-refractivity contribution in [2.24, 2.45) is 0 Å². The van der Waals surface area contributed by atoms with Gasteiger partial charge in [-0.2, -0.15) is 0 Å². The number of aromatic hydroxyl groups is 1. The Morgan fingerprint density at radius 3 is 2.15 bits per heavy atom. The Bertz CT molecular complexity index is 348. The van der Waals surface area contributed by atoms with Crippen molar-refractivity contribution in [3.8, 4) is 5.75 Å². The number of hydrogen-bond donors (Lipinski definition) is 4. The molecule has 0 amide bonds. The maximum Gasteiger partial charge on any atom is 0.328 e. The van der Waals surface area contributed by atoms with Crippen LogP contribution in [0.25, 0.3) is 0 Å². The zero-order valence-electron chi connectivity index (χ0n) is 12.5. The first-order valence-electron chi connectivity index (χ1n) is 6.39. The molecule has 0 aliphatic heterocycles. The number of nitrogens with one attached hydrogen (secondary N) is 2. The van der Waals surface area contributed by atoms with Gasteiger partial charge in [0.25, 0.3) is 0 Å². The lowest BCUT2D eigenvalue weighted by atomic mass is 9.89. The van der Waals surface area contributed by atoms with Crippen molar-refractivity contribution in [1.82, 2.24) is 10.6 Å². The van der Waals surface area contributed by atoms with E-state index in [1.54, 1.807) is 6.08 Å². The highest BCUT2D eigenvalue weighted by molar-refractivity contribution is 6.52. The fourth-order valence-electron chi connectivity index (χ4n) is 1.06. The van der Waals surface area contributed by atoms with Crippen molar-refractivity contribution in [2.75, 3.05) is 27.2 Å². The van der Waals surface area contributed by atoms with Crippen molar-refractivity contribution >= 4 is 24.5 Å². The second-order valence-electron chi connectivity index (χ2n) is 3.80. The van der Waals surface area contributed by atoms with Crippen LogP contribution in [-0.4, -0.2) is 44.8 Å². The van der Waals surface area contributed by atoms with Crippen LogP contribution in [0, 0.1) is 0 Å². The van der Waals surface area contributed by atoms with Crippen LogP contribution in [0.5, 0.6) is 5.75 Å². The van der Waals surface area contributed by atoms with Crippen LogP contribution < -0.4 is 16.1 Å². The number of allylic oxidation sites excluding steroid dienone is 1. The Labute approximate surface area is 128 Å². The highest BCUT2D eigenvalue weighted by atomic mass is 35.5. The van der Waals surface area contributed by atoms with Gasteiger partial charge >= 0.3 is 7.48 Å². The molecule has 0 atom stereocenters. The van der Waals surface area contributed by atoms with E-state index >= 15 is 0 Å². The minimum atomic E-state index is 0.0931. The topological polar surface area (TPSA) is 64.5 Å². The van der Waals surface area contributed by atoms with E-state index in [1.165, 1.54) is 24.6 Å². The van der Waals surface area contributed by atoms with E-state index in [0.29, 0.717) is 10.5 Å². The van der Waals surface area contributed by atoms with Crippen LogP contribution in [0.15, 0.2) is 30.9 Å². The van der Waals surface area contributed by atoms with Crippen molar-refractivity contribution in [3.05, 3.63) is 35.9 Å². The summed E-state index contributed by atoms with van der Waals surface area (Å²) in [6, 6.07) is 4.34. The number of phenolic OH excluding ortho intramolecular Hbond substituents is 1. The maximum absolute atomic E-state index is 8.85. The zero-order chi connectivity index (χ0) is 15.8. The second-order valence-corrected chi connectivity index (χ2v) is 4.21. The van der Waals surface area contributed by atoms with Gasteiger partial charge in [-0.25, -0.2) is 0 Å². The highest BCUT2D eigenvalue weighted by Crippen LogP contribution is 2.12. The van der Waals surface area contributed by atoms with Crippen molar-refractivity contribution in [1.29, 1.82) is 0 Å². The lowest BCUT2D eigenvalue weighted by molar-refractivity contribution is 0.475. The average Bonchev–Trinajstić information content (AvgIpc) is 2.41. The second kappa shape index (κ2) is 16.1. The molecule has 0 spiro atoms. The molecule has 0 bridgehead atoms. The van der Waals surface area contributed by atoms with E-state index in [0.717, 1.165) is 20.6 Å². The van der Waals surface area contributed by atoms with Gasteiger partial charge in [-0.1, -0.05) is 23.7 Å². The Balaban J connectivity index is 0. The van der Waals surface area contributed by atoms with Crippen molar-refractivity contribution in [2.45, 2.75) is 13.3 Å². The molecule has 4 N–H and O–H groups in total. The molecule has 0 fully saturated rings. The molecule has 0 aliphatic carbocycles. The molecule has 1 aromatic rings. The third-order valence-electron chi connectivity index (χ3n) is 1.98. The smallest absolute Gasteiger partial charge is 0.328 e. The van der Waals surface area contributed by atoms with Gasteiger partial charge in [0.15, 0.2) is 0 Å². The first-order valence-corrected chi connectivity index (χ1v) is 6.77. The SMILES string of the molecule is C=CC.CNCCCNC.O[B]c1ccc(O)cc1Cl. The molecule has 0 unspecified atom stereocenters. The fraction of sp³-hybridized carbons (Fsp3) is 0.429. The average molecular weight is 300 g/mol. The monoisotopic (exact) mass is 299 g/mol. The number of rotatable bonds is 5. The lowest BCUT2D eigenvalue weighted by Gasteiger charge is -1.97. The van der Waals surface area contributed by atoms with Crippen LogP contribution in [0.2, 0.25) is 5.02 Å². The Morgan fingerprint density at radius 1 is 1.30 bits per heavy atom. The van der Waals surface area contributed by atoms with Crippen LogP contribution >= 0.6 is 11.6 Å². The fourth-order valence-corrected chi connectivity index (χ4v) is 1.29. The molecule has 6 heteroatoms. The van der Waals surface area contributed by atoms with E-state index in [4.69, 9.17) is 21.7 Å². The van der Waals surface area contributed by atoms with Gasteiger partial charge in [0, 0.05) is 5.02 Å². The summed E-state index contributed by atoms with van der Waals surface area (Å²) in [7, 11) is 4.83. The van der Waals surface area contributed by atoms with Gasteiger partial charge in [-0.05, 0) is 58.1 Å². The van der Waals surface area contributed by atoms with E-state index in [9.17, 15) is 0 Å². The molecule has 20 heavy (non-hydrogen) atoms. The van der Waals surface area contributed by atoms with Crippen LogP contribution in [0.4, 0.5) is 0 Å². The summed E-state index contributed by atoms with van der Waals surface area (Å²) >= 11 is 5.58. The molecule has 0 saturated carbocycles. The van der Waals surface area contributed by atoms with Crippen LogP contribution in [-0.2, 0) is 0 Å². The first-order chi connectivity index (χ1) is 9.56. The van der Waals surface area contributed by atoms with E-state index in [1.807, 2.05) is 21.0 Å². The van der Waals surface area contributed by atoms with Gasteiger partial charge in [-0.15, -0.1) is 6.58 Å². The molecule has 1 rings (SSSR count). The summed E-state index contributed by atoms with van der Waals surface area (Å²) in [5.74, 6) is 0.0931. The Morgan fingerprint density at radius 2 is 1.80 bits per heavy atom.